The van der Waals surface area contributed by atoms with Gasteiger partial charge in [0.05, 0.1) is 10.9 Å². The molecule has 0 bridgehead atoms. The van der Waals surface area contributed by atoms with Crippen molar-refractivity contribution in [3.63, 3.8) is 0 Å². The lowest BCUT2D eigenvalue weighted by atomic mass is 10.1. The minimum Gasteiger partial charge on any atom is -0.508 e. The highest BCUT2D eigenvalue weighted by atomic mass is 32.2. The van der Waals surface area contributed by atoms with Crippen LogP contribution in [0.1, 0.15) is 16.4 Å². The molecule has 3 aromatic rings. The molecule has 2 nitrogen and oxygen atoms in total. The van der Waals surface area contributed by atoms with Crippen molar-refractivity contribution in [2.24, 2.45) is 0 Å². The summed E-state index contributed by atoms with van der Waals surface area (Å²) in [5, 5.41) is 13.3. The lowest BCUT2D eigenvalue weighted by Crippen LogP contribution is -1.99. The van der Waals surface area contributed by atoms with Gasteiger partial charge in [0.25, 0.3) is 0 Å². The second-order valence-electron chi connectivity index (χ2n) is 5.70. The second-order valence-corrected chi connectivity index (χ2v) is 6.88. The summed E-state index contributed by atoms with van der Waals surface area (Å²) in [6, 6.07) is 26.2. The van der Waals surface area contributed by atoms with E-state index in [0.717, 1.165) is 16.9 Å². The largest absolute Gasteiger partial charge is 0.508 e. The van der Waals surface area contributed by atoms with Crippen molar-refractivity contribution in [1.82, 2.24) is 0 Å². The molecule has 24 heavy (non-hydrogen) atoms. The molecule has 0 aromatic heterocycles. The number of phenols is 1. The van der Waals surface area contributed by atoms with Crippen molar-refractivity contribution in [3.05, 3.63) is 96.1 Å². The summed E-state index contributed by atoms with van der Waals surface area (Å²) in [6.07, 6.45) is 2.26. The molecule has 0 aliphatic carbocycles. The van der Waals surface area contributed by atoms with E-state index in [0.29, 0.717) is 0 Å². The summed E-state index contributed by atoms with van der Waals surface area (Å²) in [4.78, 5) is 1.23. The Hall–Kier alpha value is -2.65. The number of hydrogen-bond donors (Lipinski definition) is 2. The normalized spacial score (nSPS) is 16.5. The van der Waals surface area contributed by atoms with Crippen LogP contribution in [0.15, 0.2) is 89.8 Å². The topological polar surface area (TPSA) is 32.3 Å². The molecule has 118 valence electrons. The van der Waals surface area contributed by atoms with Crippen LogP contribution in [0.4, 0.5) is 5.69 Å². The number of para-hydroxylation sites is 1. The fourth-order valence-electron chi connectivity index (χ4n) is 2.80. The highest BCUT2D eigenvalue weighted by Crippen LogP contribution is 2.44. The molecule has 0 spiro atoms. The molecule has 0 radical (unpaired) electrons. The number of rotatable bonds is 2. The van der Waals surface area contributed by atoms with Gasteiger partial charge in [-0.05, 0) is 53.6 Å². The number of nitrogens with one attached hydrogen (secondary N) is 1. The molecule has 3 heteroatoms. The third-order valence-corrected chi connectivity index (χ3v) is 5.31. The van der Waals surface area contributed by atoms with Gasteiger partial charge in [0, 0.05) is 10.6 Å². The molecule has 1 atom stereocenters. The van der Waals surface area contributed by atoms with Crippen LogP contribution in [0.3, 0.4) is 0 Å². The van der Waals surface area contributed by atoms with Gasteiger partial charge in [0.2, 0.25) is 0 Å². The number of aromatic hydroxyl groups is 1. The van der Waals surface area contributed by atoms with Crippen LogP contribution in [-0.2, 0) is 0 Å². The van der Waals surface area contributed by atoms with E-state index in [1.807, 2.05) is 36.0 Å². The van der Waals surface area contributed by atoms with Gasteiger partial charge in [-0.2, -0.15) is 0 Å². The van der Waals surface area contributed by atoms with E-state index in [-0.39, 0.29) is 11.0 Å². The first kappa shape index (κ1) is 14.9. The molecule has 1 heterocycles. The molecule has 1 unspecified atom stereocenters. The standard InChI is InChI=1S/C21H17NOS/c23-17-12-10-15(11-13-17)19-14-21(16-6-2-1-3-7-16)24-20-9-5-4-8-18(20)22-19/h1-14,21-23H. The fourth-order valence-corrected chi connectivity index (χ4v) is 3.97. The maximum Gasteiger partial charge on any atom is 0.115 e. The Morgan fingerprint density at radius 1 is 0.792 bits per heavy atom. The van der Waals surface area contributed by atoms with Crippen molar-refractivity contribution in [1.29, 1.82) is 0 Å². The average molecular weight is 331 g/mol. The number of anilines is 1. The molecule has 2 N–H and O–H groups in total. The van der Waals surface area contributed by atoms with Gasteiger partial charge in [0.15, 0.2) is 0 Å². The van der Waals surface area contributed by atoms with Crippen molar-refractivity contribution >= 4 is 23.1 Å². The first-order chi connectivity index (χ1) is 11.8. The lowest BCUT2D eigenvalue weighted by molar-refractivity contribution is 0.475. The minimum absolute atomic E-state index is 0.228. The quantitative estimate of drug-likeness (QED) is 0.632. The Bertz CT molecular complexity index is 872. The van der Waals surface area contributed by atoms with Crippen LogP contribution >= 0.6 is 11.8 Å². The Labute approximate surface area is 145 Å². The van der Waals surface area contributed by atoms with Crippen molar-refractivity contribution in [3.8, 4) is 5.75 Å². The van der Waals surface area contributed by atoms with E-state index < -0.39 is 0 Å². The van der Waals surface area contributed by atoms with Crippen LogP contribution in [0.5, 0.6) is 5.75 Å². The Morgan fingerprint density at radius 2 is 1.50 bits per heavy atom. The van der Waals surface area contributed by atoms with Gasteiger partial charge < -0.3 is 10.4 Å². The molecule has 4 rings (SSSR count). The SMILES string of the molecule is Oc1ccc(C2=CC(c3ccccc3)Sc3ccccc3N2)cc1. The summed E-state index contributed by atoms with van der Waals surface area (Å²) >= 11 is 1.84. The Balaban J connectivity index is 1.81. The maximum absolute atomic E-state index is 9.55. The zero-order chi connectivity index (χ0) is 16.4. The monoisotopic (exact) mass is 331 g/mol. The Kier molecular flexibility index (Phi) is 4.01. The summed E-state index contributed by atoms with van der Waals surface area (Å²) in [5.74, 6) is 0.280. The summed E-state index contributed by atoms with van der Waals surface area (Å²) < 4.78 is 0. The predicted molar refractivity (Wildman–Crippen MR) is 101 cm³/mol. The zero-order valence-electron chi connectivity index (χ0n) is 13.0. The van der Waals surface area contributed by atoms with Gasteiger partial charge in [-0.1, -0.05) is 42.5 Å². The molecule has 1 aliphatic heterocycles. The van der Waals surface area contributed by atoms with Crippen LogP contribution < -0.4 is 5.32 Å². The van der Waals surface area contributed by atoms with E-state index in [9.17, 15) is 5.11 Å². The van der Waals surface area contributed by atoms with Gasteiger partial charge in [-0.15, -0.1) is 11.8 Å². The van der Waals surface area contributed by atoms with E-state index >= 15 is 0 Å². The van der Waals surface area contributed by atoms with E-state index in [4.69, 9.17) is 0 Å². The fraction of sp³-hybridized carbons (Fsp3) is 0.0476. The average Bonchev–Trinajstić information content (AvgIpc) is 2.83. The first-order valence-electron chi connectivity index (χ1n) is 7.88. The van der Waals surface area contributed by atoms with E-state index in [1.54, 1.807) is 12.1 Å². The van der Waals surface area contributed by atoms with Gasteiger partial charge in [-0.3, -0.25) is 0 Å². The van der Waals surface area contributed by atoms with Gasteiger partial charge >= 0.3 is 0 Å². The summed E-state index contributed by atoms with van der Waals surface area (Å²) in [7, 11) is 0. The molecular formula is C21H17NOS. The maximum atomic E-state index is 9.55. The predicted octanol–water partition coefficient (Wildman–Crippen LogP) is 5.69. The molecule has 3 aromatic carbocycles. The van der Waals surface area contributed by atoms with Crippen molar-refractivity contribution < 1.29 is 5.11 Å². The molecule has 1 aliphatic rings. The smallest absolute Gasteiger partial charge is 0.115 e. The van der Waals surface area contributed by atoms with E-state index in [1.165, 1.54) is 10.5 Å². The third kappa shape index (κ3) is 3.03. The van der Waals surface area contributed by atoms with Crippen molar-refractivity contribution in [2.75, 3.05) is 5.32 Å². The van der Waals surface area contributed by atoms with Gasteiger partial charge in [0.1, 0.15) is 5.75 Å². The summed E-state index contributed by atoms with van der Waals surface area (Å²) in [6.45, 7) is 0. The first-order valence-corrected chi connectivity index (χ1v) is 8.76. The number of benzene rings is 3. The number of phenolic OH excluding ortho intramolecular Hbond substituents is 1. The third-order valence-electron chi connectivity index (χ3n) is 4.03. The minimum atomic E-state index is 0.228. The molecular weight excluding hydrogens is 314 g/mol. The van der Waals surface area contributed by atoms with Crippen LogP contribution in [0, 0.1) is 0 Å². The van der Waals surface area contributed by atoms with Crippen LogP contribution in [0.25, 0.3) is 5.70 Å². The zero-order valence-corrected chi connectivity index (χ0v) is 13.8. The highest BCUT2D eigenvalue weighted by Gasteiger charge is 2.19. The van der Waals surface area contributed by atoms with Gasteiger partial charge in [-0.25, -0.2) is 0 Å². The summed E-state index contributed by atoms with van der Waals surface area (Å²) in [5.41, 5.74) is 4.50. The molecule has 0 fully saturated rings. The van der Waals surface area contributed by atoms with E-state index in [2.05, 4.69) is 53.9 Å². The molecule has 0 saturated carbocycles. The number of hydrogen-bond acceptors (Lipinski definition) is 3. The lowest BCUT2D eigenvalue weighted by Gasteiger charge is -2.12. The number of fused-ring (bicyclic) bond motifs is 1. The van der Waals surface area contributed by atoms with Crippen LogP contribution in [-0.4, -0.2) is 5.11 Å². The number of thioether (sulfide) groups is 1. The van der Waals surface area contributed by atoms with Crippen molar-refractivity contribution in [2.45, 2.75) is 10.1 Å². The Morgan fingerprint density at radius 3 is 2.29 bits per heavy atom. The highest BCUT2D eigenvalue weighted by molar-refractivity contribution is 7.99. The molecule has 0 amide bonds. The molecule has 0 saturated heterocycles. The van der Waals surface area contributed by atoms with Crippen LogP contribution in [0.2, 0.25) is 0 Å². The second kappa shape index (κ2) is 6.46.